The monoisotopic (exact) mass is 438 g/mol. The molecule has 2 rings (SSSR count). The Morgan fingerprint density at radius 1 is 0.957 bits per heavy atom. The van der Waals surface area contributed by atoms with Crippen LogP contribution in [0.5, 0.6) is 0 Å². The predicted octanol–water partition coefficient (Wildman–Crippen LogP) is 2.81. The lowest BCUT2D eigenvalue weighted by Gasteiger charge is -2.10. The topological polar surface area (TPSA) is 92.3 Å². The molecule has 0 saturated heterocycles. The van der Waals surface area contributed by atoms with Crippen LogP contribution in [-0.2, 0) is 20.0 Å². The molecule has 0 aliphatic rings. The molecule has 23 heavy (non-hydrogen) atoms. The number of nitrogens with one attached hydrogen (secondary N) is 2. The van der Waals surface area contributed by atoms with Crippen LogP contribution in [0.4, 0.5) is 5.69 Å². The van der Waals surface area contributed by atoms with Crippen LogP contribution < -0.4 is 9.44 Å². The number of hydrogen-bond donors (Lipinski definition) is 2. The average molecular weight is 440 g/mol. The van der Waals surface area contributed by atoms with Crippen LogP contribution in [0.15, 0.2) is 56.7 Å². The van der Waals surface area contributed by atoms with Gasteiger partial charge in [-0.05, 0) is 49.5 Å². The molecule has 2 aromatic carbocycles. The lowest BCUT2D eigenvalue weighted by Crippen LogP contribution is -2.18. The van der Waals surface area contributed by atoms with E-state index in [9.17, 15) is 16.8 Å². The molecule has 0 aliphatic heterocycles. The number of sulfonamides is 2. The van der Waals surface area contributed by atoms with Gasteiger partial charge < -0.3 is 0 Å². The minimum Gasteiger partial charge on any atom is -0.280 e. The number of rotatable bonds is 5. The largest absolute Gasteiger partial charge is 0.280 e. The summed E-state index contributed by atoms with van der Waals surface area (Å²) in [6, 6.07) is 9.71. The van der Waals surface area contributed by atoms with Gasteiger partial charge in [0.2, 0.25) is 10.0 Å². The van der Waals surface area contributed by atoms with Gasteiger partial charge in [0.15, 0.2) is 0 Å². The fraction of sp³-hybridized carbons (Fsp3) is 0.0769. The molecule has 0 amide bonds. The third kappa shape index (κ3) is 4.24. The molecule has 0 radical (unpaired) electrons. The van der Waals surface area contributed by atoms with Crippen LogP contribution in [0.3, 0.4) is 0 Å². The minimum atomic E-state index is -3.88. The maximum absolute atomic E-state index is 12.3. The highest BCUT2D eigenvalue weighted by atomic mass is 79.9. The normalized spacial score (nSPS) is 12.1. The third-order valence-electron chi connectivity index (χ3n) is 2.87. The third-order valence-corrected chi connectivity index (χ3v) is 6.66. The van der Waals surface area contributed by atoms with Gasteiger partial charge in [0, 0.05) is 10.2 Å². The smallest absolute Gasteiger partial charge is 0.263 e. The molecule has 2 aromatic rings. The first-order valence-electron chi connectivity index (χ1n) is 6.17. The van der Waals surface area contributed by atoms with Gasteiger partial charge in [0.05, 0.1) is 9.92 Å². The summed E-state index contributed by atoms with van der Waals surface area (Å²) >= 11 is 9.15. The van der Waals surface area contributed by atoms with Crippen molar-refractivity contribution >= 4 is 53.3 Å². The zero-order valence-corrected chi connectivity index (χ0v) is 15.7. The SMILES string of the molecule is CNS(=O)(=O)c1ccc(NS(=O)(=O)c2ccc(Br)cc2Cl)cc1. The number of anilines is 1. The Balaban J connectivity index is 2.31. The molecule has 0 aromatic heterocycles. The van der Waals surface area contributed by atoms with Crippen molar-refractivity contribution in [2.45, 2.75) is 9.79 Å². The molecule has 0 aliphatic carbocycles. The van der Waals surface area contributed by atoms with Crippen molar-refractivity contribution < 1.29 is 16.8 Å². The van der Waals surface area contributed by atoms with E-state index in [4.69, 9.17) is 11.6 Å². The summed E-state index contributed by atoms with van der Waals surface area (Å²) in [5.74, 6) is 0. The molecule has 0 spiro atoms. The van der Waals surface area contributed by atoms with E-state index in [-0.39, 0.29) is 20.5 Å². The Morgan fingerprint density at radius 2 is 1.57 bits per heavy atom. The van der Waals surface area contributed by atoms with Crippen LogP contribution in [-0.4, -0.2) is 23.9 Å². The Morgan fingerprint density at radius 3 is 2.09 bits per heavy atom. The van der Waals surface area contributed by atoms with E-state index in [1.165, 1.54) is 43.4 Å². The van der Waals surface area contributed by atoms with Crippen molar-refractivity contribution in [1.82, 2.24) is 4.72 Å². The predicted molar refractivity (Wildman–Crippen MR) is 92.6 cm³/mol. The highest BCUT2D eigenvalue weighted by molar-refractivity contribution is 9.10. The molecule has 0 bridgehead atoms. The van der Waals surface area contributed by atoms with Crippen LogP contribution in [0.25, 0.3) is 0 Å². The molecule has 10 heteroatoms. The second-order valence-electron chi connectivity index (χ2n) is 4.41. The summed E-state index contributed by atoms with van der Waals surface area (Å²) in [5, 5.41) is 0.0706. The Hall–Kier alpha value is -1.13. The van der Waals surface area contributed by atoms with E-state index in [1.807, 2.05) is 0 Å². The summed E-state index contributed by atoms with van der Waals surface area (Å²) in [5.41, 5.74) is 0.221. The molecule has 0 saturated carbocycles. The average Bonchev–Trinajstić information content (AvgIpc) is 2.47. The van der Waals surface area contributed by atoms with Crippen molar-refractivity contribution in [3.63, 3.8) is 0 Å². The standard InChI is InChI=1S/C13H12BrClN2O4S2/c1-16-22(18,19)11-5-3-10(4-6-11)17-23(20,21)13-7-2-9(14)8-12(13)15/h2-8,16-17H,1H3. The van der Waals surface area contributed by atoms with Gasteiger partial charge in [-0.3, -0.25) is 4.72 Å². The Bertz CT molecular complexity index is 929. The van der Waals surface area contributed by atoms with E-state index >= 15 is 0 Å². The van der Waals surface area contributed by atoms with Crippen LogP contribution >= 0.6 is 27.5 Å². The maximum atomic E-state index is 12.3. The summed E-state index contributed by atoms with van der Waals surface area (Å²) in [4.78, 5) is -0.0427. The van der Waals surface area contributed by atoms with Crippen molar-refractivity contribution in [2.75, 3.05) is 11.8 Å². The molecule has 0 fully saturated rings. The Labute approximate surface area is 148 Å². The van der Waals surface area contributed by atoms with Gasteiger partial charge in [-0.25, -0.2) is 21.6 Å². The Kier molecular flexibility index (Phi) is 5.37. The van der Waals surface area contributed by atoms with E-state index in [1.54, 1.807) is 6.07 Å². The van der Waals surface area contributed by atoms with Gasteiger partial charge in [-0.1, -0.05) is 27.5 Å². The molecular weight excluding hydrogens is 428 g/mol. The molecule has 6 nitrogen and oxygen atoms in total. The van der Waals surface area contributed by atoms with Crippen LogP contribution in [0.1, 0.15) is 0 Å². The summed E-state index contributed by atoms with van der Waals surface area (Å²) in [7, 11) is -6.17. The molecular formula is C13H12BrClN2O4S2. The highest BCUT2D eigenvalue weighted by Crippen LogP contribution is 2.27. The molecule has 2 N–H and O–H groups in total. The van der Waals surface area contributed by atoms with Gasteiger partial charge in [0.1, 0.15) is 4.90 Å². The van der Waals surface area contributed by atoms with Crippen molar-refractivity contribution in [2.24, 2.45) is 0 Å². The summed E-state index contributed by atoms with van der Waals surface area (Å²) in [6.07, 6.45) is 0. The van der Waals surface area contributed by atoms with Crippen molar-refractivity contribution in [3.8, 4) is 0 Å². The zero-order valence-electron chi connectivity index (χ0n) is 11.7. The fourth-order valence-corrected chi connectivity index (χ4v) is 4.55. The van der Waals surface area contributed by atoms with Crippen molar-refractivity contribution in [1.29, 1.82) is 0 Å². The summed E-state index contributed by atoms with van der Waals surface area (Å²) < 4.78 is 53.1. The minimum absolute atomic E-state index is 0.0321. The summed E-state index contributed by atoms with van der Waals surface area (Å²) in [6.45, 7) is 0. The fourth-order valence-electron chi connectivity index (χ4n) is 1.72. The zero-order chi connectivity index (χ0) is 17.3. The first-order chi connectivity index (χ1) is 10.7. The first kappa shape index (κ1) is 18.2. The van der Waals surface area contributed by atoms with E-state index in [2.05, 4.69) is 25.4 Å². The lowest BCUT2D eigenvalue weighted by molar-refractivity contribution is 0.588. The van der Waals surface area contributed by atoms with Crippen LogP contribution in [0.2, 0.25) is 5.02 Å². The van der Waals surface area contributed by atoms with E-state index < -0.39 is 20.0 Å². The van der Waals surface area contributed by atoms with Crippen molar-refractivity contribution in [3.05, 3.63) is 52.0 Å². The number of hydrogen-bond acceptors (Lipinski definition) is 4. The molecule has 0 heterocycles. The van der Waals surface area contributed by atoms with Gasteiger partial charge >= 0.3 is 0 Å². The molecule has 0 atom stereocenters. The van der Waals surface area contributed by atoms with E-state index in [0.29, 0.717) is 4.47 Å². The molecule has 124 valence electrons. The van der Waals surface area contributed by atoms with E-state index in [0.717, 1.165) is 0 Å². The number of benzene rings is 2. The second-order valence-corrected chi connectivity index (χ2v) is 9.27. The van der Waals surface area contributed by atoms with Crippen LogP contribution in [0, 0.1) is 0 Å². The quantitative estimate of drug-likeness (QED) is 0.749. The van der Waals surface area contributed by atoms with Gasteiger partial charge in [-0.15, -0.1) is 0 Å². The molecule has 0 unspecified atom stereocenters. The first-order valence-corrected chi connectivity index (χ1v) is 10.3. The van der Waals surface area contributed by atoms with Gasteiger partial charge in [0.25, 0.3) is 10.0 Å². The number of halogens is 2. The highest BCUT2D eigenvalue weighted by Gasteiger charge is 2.19. The lowest BCUT2D eigenvalue weighted by atomic mass is 10.3. The van der Waals surface area contributed by atoms with Gasteiger partial charge in [-0.2, -0.15) is 0 Å². The maximum Gasteiger partial charge on any atom is 0.263 e. The second kappa shape index (κ2) is 6.78.